The van der Waals surface area contributed by atoms with Crippen molar-refractivity contribution in [1.82, 2.24) is 0 Å². The van der Waals surface area contributed by atoms with Crippen molar-refractivity contribution < 1.29 is 29.0 Å². The standard InChI is InChI=1S/C30H28N2O6S/c1-38-30(37)24-13-7-8-14-25(24)32-28(34)26(19-9-3-2-4-10-19)39-21-17-15-20(16-18-21)31-27(33)22-11-5-6-12-23(22)29(35)36/h2-10,13-18,22-23,26H,11-12H2,1H3,(H,31,33)(H,32,34)(H,35,36). The number of carboxylic acid groups (broad SMARTS) is 1. The number of carboxylic acids is 1. The highest BCUT2D eigenvalue weighted by atomic mass is 32.2. The second-order valence-electron chi connectivity index (χ2n) is 8.94. The minimum atomic E-state index is -0.981. The fourth-order valence-corrected chi connectivity index (χ4v) is 5.37. The molecule has 0 heterocycles. The largest absolute Gasteiger partial charge is 0.481 e. The summed E-state index contributed by atoms with van der Waals surface area (Å²) >= 11 is 1.32. The fourth-order valence-electron chi connectivity index (χ4n) is 4.34. The van der Waals surface area contributed by atoms with Gasteiger partial charge in [-0.15, -0.1) is 11.8 Å². The summed E-state index contributed by atoms with van der Waals surface area (Å²) < 4.78 is 4.84. The van der Waals surface area contributed by atoms with E-state index in [-0.39, 0.29) is 17.4 Å². The SMILES string of the molecule is COC(=O)c1ccccc1NC(=O)C(Sc1ccc(NC(=O)C2CC=CCC2C(=O)O)cc1)c1ccccc1. The maximum atomic E-state index is 13.5. The Bertz CT molecular complexity index is 1370. The Balaban J connectivity index is 1.49. The van der Waals surface area contributed by atoms with Crippen LogP contribution in [0.15, 0.2) is 95.9 Å². The molecule has 3 unspecified atom stereocenters. The number of aliphatic carboxylic acids is 1. The number of carbonyl (C=O) groups is 4. The van der Waals surface area contributed by atoms with Crippen LogP contribution in [0.4, 0.5) is 11.4 Å². The lowest BCUT2D eigenvalue weighted by atomic mass is 9.82. The molecule has 3 aromatic carbocycles. The van der Waals surface area contributed by atoms with Crippen LogP contribution in [0.1, 0.15) is 34.0 Å². The molecule has 0 bridgehead atoms. The molecule has 1 aliphatic rings. The first-order chi connectivity index (χ1) is 18.9. The van der Waals surface area contributed by atoms with E-state index in [2.05, 4.69) is 10.6 Å². The van der Waals surface area contributed by atoms with Crippen molar-refractivity contribution in [3.8, 4) is 0 Å². The Morgan fingerprint density at radius 2 is 1.49 bits per heavy atom. The van der Waals surface area contributed by atoms with Gasteiger partial charge in [0.2, 0.25) is 11.8 Å². The summed E-state index contributed by atoms with van der Waals surface area (Å²) in [5.41, 5.74) is 1.92. The fraction of sp³-hybridized carbons (Fsp3) is 0.200. The third kappa shape index (κ3) is 6.94. The summed E-state index contributed by atoms with van der Waals surface area (Å²) in [4.78, 5) is 50.7. The molecule has 3 aromatic rings. The number of allylic oxidation sites excluding steroid dienone is 2. The van der Waals surface area contributed by atoms with Gasteiger partial charge in [0.05, 0.1) is 30.2 Å². The molecular weight excluding hydrogens is 516 g/mol. The van der Waals surface area contributed by atoms with Crippen molar-refractivity contribution in [3.63, 3.8) is 0 Å². The number of rotatable bonds is 9. The van der Waals surface area contributed by atoms with E-state index < -0.39 is 29.0 Å². The summed E-state index contributed by atoms with van der Waals surface area (Å²) in [7, 11) is 1.28. The minimum Gasteiger partial charge on any atom is -0.481 e. The van der Waals surface area contributed by atoms with E-state index in [4.69, 9.17) is 4.74 Å². The summed E-state index contributed by atoms with van der Waals surface area (Å²) in [6.45, 7) is 0. The Hall–Kier alpha value is -4.37. The number of para-hydroxylation sites is 1. The molecule has 0 aliphatic heterocycles. The Morgan fingerprint density at radius 3 is 2.15 bits per heavy atom. The first-order valence-corrected chi connectivity index (χ1v) is 13.2. The quantitative estimate of drug-likeness (QED) is 0.183. The monoisotopic (exact) mass is 544 g/mol. The molecule has 0 saturated heterocycles. The average Bonchev–Trinajstić information content (AvgIpc) is 2.97. The molecule has 0 spiro atoms. The van der Waals surface area contributed by atoms with Gasteiger partial charge in [0.1, 0.15) is 5.25 Å². The van der Waals surface area contributed by atoms with Crippen LogP contribution in [0.5, 0.6) is 0 Å². The molecule has 2 amide bonds. The molecule has 0 saturated carbocycles. The number of esters is 1. The normalized spacial score (nSPS) is 17.1. The van der Waals surface area contributed by atoms with Crippen LogP contribution >= 0.6 is 11.8 Å². The molecule has 9 heteroatoms. The zero-order valence-corrected chi connectivity index (χ0v) is 22.0. The predicted octanol–water partition coefficient (Wildman–Crippen LogP) is 5.55. The van der Waals surface area contributed by atoms with Crippen molar-refractivity contribution in [3.05, 3.63) is 102 Å². The number of methoxy groups -OCH3 is 1. The van der Waals surface area contributed by atoms with Gasteiger partial charge in [-0.3, -0.25) is 14.4 Å². The Labute approximate surface area is 230 Å². The number of carbonyl (C=O) groups excluding carboxylic acids is 3. The third-order valence-corrected chi connectivity index (χ3v) is 7.66. The first-order valence-electron chi connectivity index (χ1n) is 12.4. The first kappa shape index (κ1) is 27.7. The number of hydrogen-bond acceptors (Lipinski definition) is 6. The second-order valence-corrected chi connectivity index (χ2v) is 10.1. The zero-order chi connectivity index (χ0) is 27.8. The van der Waals surface area contributed by atoms with Crippen molar-refractivity contribution in [1.29, 1.82) is 0 Å². The molecule has 4 rings (SSSR count). The van der Waals surface area contributed by atoms with Crippen LogP contribution in [0.3, 0.4) is 0 Å². The van der Waals surface area contributed by atoms with Crippen molar-refractivity contribution in [2.75, 3.05) is 17.7 Å². The van der Waals surface area contributed by atoms with Gasteiger partial charge in [-0.1, -0.05) is 54.6 Å². The van der Waals surface area contributed by atoms with E-state index in [1.807, 2.05) is 36.4 Å². The highest BCUT2D eigenvalue weighted by Crippen LogP contribution is 2.37. The average molecular weight is 545 g/mol. The molecule has 3 N–H and O–H groups in total. The van der Waals surface area contributed by atoms with Crippen molar-refractivity contribution >= 4 is 46.9 Å². The maximum Gasteiger partial charge on any atom is 0.339 e. The van der Waals surface area contributed by atoms with Gasteiger partial charge in [0.15, 0.2) is 0 Å². The van der Waals surface area contributed by atoms with Gasteiger partial charge in [-0.2, -0.15) is 0 Å². The number of nitrogens with one attached hydrogen (secondary N) is 2. The van der Waals surface area contributed by atoms with E-state index in [1.165, 1.54) is 18.9 Å². The Morgan fingerprint density at radius 1 is 0.846 bits per heavy atom. The summed E-state index contributed by atoms with van der Waals surface area (Å²) in [6.07, 6.45) is 4.34. The van der Waals surface area contributed by atoms with Gasteiger partial charge in [-0.25, -0.2) is 4.79 Å². The van der Waals surface area contributed by atoms with E-state index >= 15 is 0 Å². The number of thioether (sulfide) groups is 1. The molecule has 3 atom stereocenters. The highest BCUT2D eigenvalue weighted by molar-refractivity contribution is 8.00. The summed E-state index contributed by atoms with van der Waals surface area (Å²) in [6, 6.07) is 23.0. The van der Waals surface area contributed by atoms with Crippen LogP contribution in [0, 0.1) is 11.8 Å². The number of anilines is 2. The highest BCUT2D eigenvalue weighted by Gasteiger charge is 2.34. The molecular formula is C30H28N2O6S. The molecule has 0 radical (unpaired) electrons. The topological polar surface area (TPSA) is 122 Å². The minimum absolute atomic E-state index is 0.254. The zero-order valence-electron chi connectivity index (χ0n) is 21.2. The number of amides is 2. The van der Waals surface area contributed by atoms with E-state index in [0.29, 0.717) is 24.2 Å². The second kappa shape index (κ2) is 12.9. The third-order valence-electron chi connectivity index (χ3n) is 6.39. The maximum absolute atomic E-state index is 13.5. The number of hydrogen-bond donors (Lipinski definition) is 3. The molecule has 0 aromatic heterocycles. The summed E-state index contributed by atoms with van der Waals surface area (Å²) in [5.74, 6) is -3.57. The van der Waals surface area contributed by atoms with Crippen molar-refractivity contribution in [2.45, 2.75) is 23.0 Å². The van der Waals surface area contributed by atoms with Gasteiger partial charge in [0, 0.05) is 10.6 Å². The lowest BCUT2D eigenvalue weighted by molar-refractivity contribution is -0.146. The summed E-state index contributed by atoms with van der Waals surface area (Å²) in [5, 5.41) is 14.5. The number of ether oxygens (including phenoxy) is 1. The van der Waals surface area contributed by atoms with Gasteiger partial charge in [0.25, 0.3) is 0 Å². The van der Waals surface area contributed by atoms with Crippen LogP contribution in [0.2, 0.25) is 0 Å². The van der Waals surface area contributed by atoms with Crippen molar-refractivity contribution in [2.24, 2.45) is 11.8 Å². The predicted molar refractivity (Wildman–Crippen MR) is 150 cm³/mol. The lowest BCUT2D eigenvalue weighted by Gasteiger charge is -2.24. The van der Waals surface area contributed by atoms with Gasteiger partial charge >= 0.3 is 11.9 Å². The van der Waals surface area contributed by atoms with E-state index in [1.54, 1.807) is 54.6 Å². The van der Waals surface area contributed by atoms with Crippen LogP contribution in [-0.4, -0.2) is 36.0 Å². The molecule has 8 nitrogen and oxygen atoms in total. The van der Waals surface area contributed by atoms with Gasteiger partial charge < -0.3 is 20.5 Å². The van der Waals surface area contributed by atoms with Crippen LogP contribution < -0.4 is 10.6 Å². The Kier molecular flexibility index (Phi) is 9.17. The van der Waals surface area contributed by atoms with E-state index in [0.717, 1.165) is 10.5 Å². The van der Waals surface area contributed by atoms with Crippen LogP contribution in [0.25, 0.3) is 0 Å². The smallest absolute Gasteiger partial charge is 0.339 e. The molecule has 39 heavy (non-hydrogen) atoms. The molecule has 0 fully saturated rings. The molecule has 200 valence electrons. The van der Waals surface area contributed by atoms with Gasteiger partial charge in [-0.05, 0) is 54.8 Å². The lowest BCUT2D eigenvalue weighted by Crippen LogP contribution is -2.34. The van der Waals surface area contributed by atoms with Crippen LogP contribution in [-0.2, 0) is 19.1 Å². The molecule has 1 aliphatic carbocycles. The number of benzene rings is 3. The van der Waals surface area contributed by atoms with E-state index in [9.17, 15) is 24.3 Å².